The van der Waals surface area contributed by atoms with Gasteiger partial charge in [-0.2, -0.15) is 0 Å². The number of esters is 4. The Morgan fingerprint density at radius 1 is 1.00 bits per heavy atom. The summed E-state index contributed by atoms with van der Waals surface area (Å²) in [4.78, 5) is 49.8. The Morgan fingerprint density at radius 2 is 1.58 bits per heavy atom. The van der Waals surface area contributed by atoms with Crippen LogP contribution in [0.5, 0.6) is 0 Å². The van der Waals surface area contributed by atoms with Crippen molar-refractivity contribution in [3.63, 3.8) is 0 Å². The minimum Gasteiger partial charge on any atom is -0.461 e. The number of aliphatic hydroxyl groups excluding tert-OH is 1. The monoisotopic (exact) mass is 506 g/mol. The standard InChI is InChI=1S/C26H34O10/c1-12-10-17(30)21(33-15(4)28)24(6)18(32-14(3)27)9-8-13(2)20(24)22(34-16(5)29)26-19(11-12)35-23(31)25(26,7)36-26/h8,11,17-22,30H,9-10H2,1-7H3/b12-11-/t17-,18-,19-,20+,21-,22-,24-,25-,26-/m0/s1. The topological polar surface area (TPSA) is 138 Å². The van der Waals surface area contributed by atoms with Crippen LogP contribution in [0.2, 0.25) is 0 Å². The first-order chi connectivity index (χ1) is 16.7. The molecule has 2 fully saturated rings. The summed E-state index contributed by atoms with van der Waals surface area (Å²) in [6.07, 6.45) is -1.24. The van der Waals surface area contributed by atoms with Crippen LogP contribution in [0.3, 0.4) is 0 Å². The second-order valence-corrected chi connectivity index (χ2v) is 10.7. The van der Waals surface area contributed by atoms with Gasteiger partial charge in [-0.1, -0.05) is 24.1 Å². The van der Waals surface area contributed by atoms with Crippen molar-refractivity contribution >= 4 is 23.9 Å². The lowest BCUT2D eigenvalue weighted by molar-refractivity contribution is -0.209. The second-order valence-electron chi connectivity index (χ2n) is 10.7. The maximum atomic E-state index is 12.9. The Morgan fingerprint density at radius 3 is 2.14 bits per heavy atom. The van der Waals surface area contributed by atoms with E-state index in [-0.39, 0.29) is 12.8 Å². The molecule has 0 unspecified atom stereocenters. The number of hydrogen-bond acceptors (Lipinski definition) is 10. The van der Waals surface area contributed by atoms with E-state index in [0.717, 1.165) is 5.57 Å². The Hall–Kier alpha value is -2.72. The quantitative estimate of drug-likeness (QED) is 0.261. The zero-order valence-electron chi connectivity index (χ0n) is 21.7. The Labute approximate surface area is 209 Å². The minimum atomic E-state index is -1.38. The lowest BCUT2D eigenvalue weighted by atomic mass is 9.56. The predicted octanol–water partition coefficient (Wildman–Crippen LogP) is 1.92. The van der Waals surface area contributed by atoms with Crippen molar-refractivity contribution in [1.29, 1.82) is 0 Å². The lowest BCUT2D eigenvalue weighted by Crippen LogP contribution is -2.64. The van der Waals surface area contributed by atoms with Crippen molar-refractivity contribution in [2.45, 2.75) is 103 Å². The molecule has 0 aromatic rings. The second kappa shape index (κ2) is 8.69. The summed E-state index contributed by atoms with van der Waals surface area (Å²) < 4.78 is 29.3. The van der Waals surface area contributed by atoms with E-state index in [4.69, 9.17) is 23.7 Å². The third kappa shape index (κ3) is 3.76. The van der Waals surface area contributed by atoms with Gasteiger partial charge in [-0.15, -0.1) is 0 Å². The van der Waals surface area contributed by atoms with Crippen molar-refractivity contribution in [3.05, 3.63) is 23.3 Å². The number of hydrogen-bond donors (Lipinski definition) is 1. The molecule has 0 bridgehead atoms. The maximum Gasteiger partial charge on any atom is 0.342 e. The molecule has 9 atom stereocenters. The fourth-order valence-electron chi connectivity index (χ4n) is 6.62. The summed E-state index contributed by atoms with van der Waals surface area (Å²) in [5.74, 6) is -3.15. The van der Waals surface area contributed by atoms with Crippen molar-refractivity contribution in [2.24, 2.45) is 11.3 Å². The van der Waals surface area contributed by atoms with E-state index in [9.17, 15) is 24.3 Å². The van der Waals surface area contributed by atoms with Gasteiger partial charge in [-0.05, 0) is 33.3 Å². The van der Waals surface area contributed by atoms with Crippen LogP contribution in [0.15, 0.2) is 23.3 Å². The Bertz CT molecular complexity index is 1060. The van der Waals surface area contributed by atoms with Crippen LogP contribution >= 0.6 is 0 Å². The summed E-state index contributed by atoms with van der Waals surface area (Å²) in [5, 5.41) is 11.4. The van der Waals surface area contributed by atoms with Crippen molar-refractivity contribution < 1.29 is 48.0 Å². The number of rotatable bonds is 3. The Balaban J connectivity index is 2.02. The molecule has 2 saturated heterocycles. The molecule has 10 nitrogen and oxygen atoms in total. The smallest absolute Gasteiger partial charge is 0.342 e. The molecule has 10 heteroatoms. The zero-order chi connectivity index (χ0) is 26.8. The highest BCUT2D eigenvalue weighted by molar-refractivity contribution is 5.89. The molecular formula is C26H34O10. The molecule has 4 rings (SSSR count). The highest BCUT2D eigenvalue weighted by Gasteiger charge is 2.87. The van der Waals surface area contributed by atoms with Gasteiger partial charge in [0.1, 0.15) is 18.3 Å². The van der Waals surface area contributed by atoms with Crippen LogP contribution in [0.1, 0.15) is 61.3 Å². The maximum absolute atomic E-state index is 12.9. The van der Waals surface area contributed by atoms with Crippen LogP contribution < -0.4 is 0 Å². The molecule has 4 aliphatic rings. The lowest BCUT2D eigenvalue weighted by Gasteiger charge is -2.53. The van der Waals surface area contributed by atoms with Crippen molar-refractivity contribution in [3.8, 4) is 0 Å². The van der Waals surface area contributed by atoms with Crippen molar-refractivity contribution in [2.75, 3.05) is 0 Å². The summed E-state index contributed by atoms with van der Waals surface area (Å²) in [6.45, 7) is 10.7. The largest absolute Gasteiger partial charge is 0.461 e. The van der Waals surface area contributed by atoms with Gasteiger partial charge in [-0.3, -0.25) is 14.4 Å². The van der Waals surface area contributed by atoms with Gasteiger partial charge in [0.2, 0.25) is 0 Å². The number of aliphatic hydroxyl groups is 1. The molecule has 1 N–H and O–H groups in total. The van der Waals surface area contributed by atoms with Gasteiger partial charge in [0, 0.05) is 33.1 Å². The molecule has 1 spiro atoms. The van der Waals surface area contributed by atoms with Gasteiger partial charge < -0.3 is 28.8 Å². The van der Waals surface area contributed by atoms with Crippen LogP contribution in [-0.4, -0.2) is 70.7 Å². The zero-order valence-corrected chi connectivity index (χ0v) is 21.7. The van der Waals surface area contributed by atoms with E-state index in [1.165, 1.54) is 20.8 Å². The SMILES string of the molecule is CC(=O)O[C@H]1CC=C(C)[C@@H]2[C@H](OC(C)=O)[C@]34O[C@@]3(C)C(=O)O[C@H]4/C=C(/C)C[C@H](O)[C@H](OC(C)=O)[C@@]12C. The minimum absolute atomic E-state index is 0.0921. The molecule has 198 valence electrons. The number of carbonyl (C=O) groups excluding carboxylic acids is 4. The first kappa shape index (κ1) is 26.3. The van der Waals surface area contributed by atoms with Crippen LogP contribution in [0, 0.1) is 11.3 Å². The van der Waals surface area contributed by atoms with Crippen LogP contribution in [0.4, 0.5) is 0 Å². The highest BCUT2D eigenvalue weighted by Crippen LogP contribution is 2.65. The third-order valence-electron chi connectivity index (χ3n) is 8.18. The number of epoxide rings is 1. The average Bonchev–Trinajstić information content (AvgIpc) is 3.33. The van der Waals surface area contributed by atoms with Gasteiger partial charge in [0.25, 0.3) is 0 Å². The summed E-state index contributed by atoms with van der Waals surface area (Å²) >= 11 is 0. The summed E-state index contributed by atoms with van der Waals surface area (Å²) in [7, 11) is 0. The van der Waals surface area contributed by atoms with Crippen LogP contribution in [0.25, 0.3) is 0 Å². The summed E-state index contributed by atoms with van der Waals surface area (Å²) in [5.41, 5.74) is -2.60. The van der Waals surface area contributed by atoms with E-state index in [2.05, 4.69) is 0 Å². The van der Waals surface area contributed by atoms with E-state index in [1.54, 1.807) is 26.8 Å². The number of ether oxygens (including phenoxy) is 5. The molecule has 0 aromatic heterocycles. The first-order valence-corrected chi connectivity index (χ1v) is 12.1. The third-order valence-corrected chi connectivity index (χ3v) is 8.18. The molecule has 2 heterocycles. The molecule has 0 aromatic carbocycles. The molecular weight excluding hydrogens is 472 g/mol. The molecule has 0 saturated carbocycles. The van der Waals surface area contributed by atoms with E-state index in [1.807, 2.05) is 13.0 Å². The Kier molecular flexibility index (Phi) is 6.36. The number of carbonyl (C=O) groups is 4. The highest BCUT2D eigenvalue weighted by atomic mass is 16.7. The predicted molar refractivity (Wildman–Crippen MR) is 123 cm³/mol. The van der Waals surface area contributed by atoms with Crippen molar-refractivity contribution in [1.82, 2.24) is 0 Å². The molecule has 0 amide bonds. The van der Waals surface area contributed by atoms with Gasteiger partial charge >= 0.3 is 23.9 Å². The van der Waals surface area contributed by atoms with E-state index >= 15 is 0 Å². The molecule has 2 aliphatic heterocycles. The summed E-state index contributed by atoms with van der Waals surface area (Å²) in [6, 6.07) is 0. The van der Waals surface area contributed by atoms with Gasteiger partial charge in [0.05, 0.1) is 11.5 Å². The molecule has 2 aliphatic carbocycles. The molecule has 0 radical (unpaired) electrons. The van der Waals surface area contributed by atoms with Gasteiger partial charge in [0.15, 0.2) is 17.3 Å². The fraction of sp³-hybridized carbons (Fsp3) is 0.692. The number of fused-ring (bicyclic) bond motifs is 1. The average molecular weight is 507 g/mol. The first-order valence-electron chi connectivity index (χ1n) is 12.1. The van der Waals surface area contributed by atoms with E-state index < -0.39 is 76.9 Å². The molecule has 36 heavy (non-hydrogen) atoms. The van der Waals surface area contributed by atoms with Gasteiger partial charge in [-0.25, -0.2) is 4.79 Å². The van der Waals surface area contributed by atoms with E-state index in [0.29, 0.717) is 5.57 Å². The fourth-order valence-corrected chi connectivity index (χ4v) is 6.62. The normalized spacial score (nSPS) is 44.8. The van der Waals surface area contributed by atoms with Crippen LogP contribution in [-0.2, 0) is 42.9 Å².